The van der Waals surface area contributed by atoms with Crippen molar-refractivity contribution in [2.24, 2.45) is 0 Å². The monoisotopic (exact) mass is 288 g/mol. The van der Waals surface area contributed by atoms with Crippen LogP contribution in [-0.2, 0) is 6.42 Å². The maximum absolute atomic E-state index is 5.27. The fourth-order valence-electron chi connectivity index (χ4n) is 1.88. The molecule has 0 fully saturated rings. The highest BCUT2D eigenvalue weighted by Crippen LogP contribution is 2.16. The Balaban J connectivity index is 1.76. The van der Waals surface area contributed by atoms with E-state index < -0.39 is 0 Å². The lowest BCUT2D eigenvalue weighted by atomic mass is 10.0. The third-order valence-corrected chi connectivity index (χ3v) is 3.32. The van der Waals surface area contributed by atoms with Crippen LogP contribution < -0.4 is 10.6 Å². The first-order valence-corrected chi connectivity index (χ1v) is 7.23. The molecule has 20 heavy (non-hydrogen) atoms. The highest BCUT2D eigenvalue weighted by Gasteiger charge is 2.01. The molecule has 1 heterocycles. The van der Waals surface area contributed by atoms with Crippen LogP contribution in [0.3, 0.4) is 0 Å². The first kappa shape index (κ1) is 14.6. The minimum atomic E-state index is 0.544. The molecule has 106 valence electrons. The summed E-state index contributed by atoms with van der Waals surface area (Å²) in [6.45, 7) is 5.12. The van der Waals surface area contributed by atoms with Crippen molar-refractivity contribution < 1.29 is 4.42 Å². The Hall–Kier alpha value is -1.81. The van der Waals surface area contributed by atoms with E-state index in [0.29, 0.717) is 11.0 Å². The van der Waals surface area contributed by atoms with Gasteiger partial charge >= 0.3 is 0 Å². The van der Waals surface area contributed by atoms with Gasteiger partial charge in [0.05, 0.1) is 6.26 Å². The van der Waals surface area contributed by atoms with Gasteiger partial charge in [-0.2, -0.15) is 0 Å². The number of furan rings is 1. The van der Waals surface area contributed by atoms with Crippen molar-refractivity contribution in [3.8, 4) is 0 Å². The summed E-state index contributed by atoms with van der Waals surface area (Å²) in [7, 11) is 0. The molecule has 0 saturated carbocycles. The van der Waals surface area contributed by atoms with Crippen LogP contribution >= 0.6 is 12.2 Å². The Labute approximate surface area is 125 Å². The van der Waals surface area contributed by atoms with Gasteiger partial charge in [0, 0.05) is 18.7 Å². The molecule has 0 spiro atoms. The largest absolute Gasteiger partial charge is 0.469 e. The lowest BCUT2D eigenvalue weighted by Crippen LogP contribution is -2.30. The summed E-state index contributed by atoms with van der Waals surface area (Å²) in [5.41, 5.74) is 2.33. The van der Waals surface area contributed by atoms with Gasteiger partial charge in [-0.25, -0.2) is 0 Å². The van der Waals surface area contributed by atoms with Crippen LogP contribution in [0.15, 0.2) is 47.1 Å². The molecule has 0 radical (unpaired) electrons. The first-order valence-electron chi connectivity index (χ1n) is 6.82. The van der Waals surface area contributed by atoms with E-state index in [1.165, 1.54) is 5.56 Å². The quantitative estimate of drug-likeness (QED) is 0.817. The van der Waals surface area contributed by atoms with Gasteiger partial charge in [-0.05, 0) is 48.0 Å². The number of hydrogen-bond acceptors (Lipinski definition) is 2. The Bertz CT molecular complexity index is 532. The molecule has 0 amide bonds. The lowest BCUT2D eigenvalue weighted by molar-refractivity contribution is 0.507. The zero-order valence-corrected chi connectivity index (χ0v) is 12.7. The molecular formula is C16H20N2OS. The maximum Gasteiger partial charge on any atom is 0.170 e. The van der Waals surface area contributed by atoms with E-state index in [4.69, 9.17) is 16.6 Å². The van der Waals surface area contributed by atoms with E-state index in [1.807, 2.05) is 12.1 Å². The SMILES string of the molecule is CC(C)c1ccc(NC(=S)NCCc2ccco2)cc1. The molecule has 2 aromatic rings. The molecule has 0 unspecified atom stereocenters. The molecule has 3 nitrogen and oxygen atoms in total. The van der Waals surface area contributed by atoms with Gasteiger partial charge in [0.1, 0.15) is 5.76 Å². The summed E-state index contributed by atoms with van der Waals surface area (Å²) in [6, 6.07) is 12.2. The van der Waals surface area contributed by atoms with Gasteiger partial charge < -0.3 is 15.1 Å². The van der Waals surface area contributed by atoms with E-state index in [9.17, 15) is 0 Å². The molecule has 0 aliphatic heterocycles. The van der Waals surface area contributed by atoms with Gasteiger partial charge in [0.2, 0.25) is 0 Å². The smallest absolute Gasteiger partial charge is 0.170 e. The number of nitrogens with one attached hydrogen (secondary N) is 2. The third kappa shape index (κ3) is 4.38. The average molecular weight is 288 g/mol. The number of thiocarbonyl (C=S) groups is 1. The standard InChI is InChI=1S/C16H20N2OS/c1-12(2)13-5-7-14(8-6-13)18-16(20)17-10-9-15-4-3-11-19-15/h3-8,11-12H,9-10H2,1-2H3,(H2,17,18,20). The van der Waals surface area contributed by atoms with Crippen LogP contribution in [0.25, 0.3) is 0 Å². The summed E-state index contributed by atoms with van der Waals surface area (Å²) in [5, 5.41) is 6.98. The number of benzene rings is 1. The van der Waals surface area contributed by atoms with Crippen molar-refractivity contribution in [3.63, 3.8) is 0 Å². The topological polar surface area (TPSA) is 37.2 Å². The van der Waals surface area contributed by atoms with E-state index in [1.54, 1.807) is 6.26 Å². The molecule has 0 atom stereocenters. The summed E-state index contributed by atoms with van der Waals surface area (Å²) in [4.78, 5) is 0. The number of rotatable bonds is 5. The van der Waals surface area contributed by atoms with Gasteiger partial charge in [0.25, 0.3) is 0 Å². The van der Waals surface area contributed by atoms with Gasteiger partial charge in [-0.15, -0.1) is 0 Å². The summed E-state index contributed by atoms with van der Waals surface area (Å²) in [5.74, 6) is 1.50. The van der Waals surface area contributed by atoms with Gasteiger partial charge in [-0.3, -0.25) is 0 Å². The second kappa shape index (κ2) is 7.10. The predicted octanol–water partition coefficient (Wildman–Crippen LogP) is 3.93. The summed E-state index contributed by atoms with van der Waals surface area (Å²) in [6.07, 6.45) is 2.50. The lowest BCUT2D eigenvalue weighted by Gasteiger charge is -2.11. The number of hydrogen-bond donors (Lipinski definition) is 2. The Morgan fingerprint density at radius 3 is 2.55 bits per heavy atom. The minimum Gasteiger partial charge on any atom is -0.469 e. The first-order chi connectivity index (χ1) is 9.65. The average Bonchev–Trinajstić information content (AvgIpc) is 2.92. The van der Waals surface area contributed by atoms with E-state index in [-0.39, 0.29) is 0 Å². The molecule has 0 bridgehead atoms. The second-order valence-electron chi connectivity index (χ2n) is 4.99. The van der Waals surface area contributed by atoms with E-state index in [0.717, 1.165) is 24.4 Å². The summed E-state index contributed by atoms with van der Waals surface area (Å²) < 4.78 is 5.27. The highest BCUT2D eigenvalue weighted by atomic mass is 32.1. The van der Waals surface area contributed by atoms with Gasteiger partial charge in [0.15, 0.2) is 5.11 Å². The zero-order chi connectivity index (χ0) is 14.4. The predicted molar refractivity (Wildman–Crippen MR) is 87.2 cm³/mol. The fraction of sp³-hybridized carbons (Fsp3) is 0.312. The zero-order valence-electron chi connectivity index (χ0n) is 11.8. The molecule has 4 heteroatoms. The molecule has 1 aromatic heterocycles. The van der Waals surface area contributed by atoms with Crippen LogP contribution in [0.1, 0.15) is 31.1 Å². The van der Waals surface area contributed by atoms with E-state index in [2.05, 4.69) is 48.7 Å². The summed E-state index contributed by atoms with van der Waals surface area (Å²) >= 11 is 5.26. The molecule has 0 aliphatic rings. The van der Waals surface area contributed by atoms with Gasteiger partial charge in [-0.1, -0.05) is 26.0 Å². The molecule has 0 aliphatic carbocycles. The molecule has 2 N–H and O–H groups in total. The Kier molecular flexibility index (Phi) is 5.18. The maximum atomic E-state index is 5.27. The second-order valence-corrected chi connectivity index (χ2v) is 5.40. The van der Waals surface area contributed by atoms with Crippen molar-refractivity contribution in [2.75, 3.05) is 11.9 Å². The van der Waals surface area contributed by atoms with Crippen LogP contribution in [-0.4, -0.2) is 11.7 Å². The highest BCUT2D eigenvalue weighted by molar-refractivity contribution is 7.80. The number of anilines is 1. The van der Waals surface area contributed by atoms with Crippen LogP contribution in [0.5, 0.6) is 0 Å². The molecule has 1 aromatic carbocycles. The Morgan fingerprint density at radius 1 is 1.20 bits per heavy atom. The fourth-order valence-corrected chi connectivity index (χ4v) is 2.10. The normalized spacial score (nSPS) is 10.6. The van der Waals surface area contributed by atoms with Crippen LogP contribution in [0.2, 0.25) is 0 Å². The van der Waals surface area contributed by atoms with Crippen molar-refractivity contribution in [1.29, 1.82) is 0 Å². The van der Waals surface area contributed by atoms with Crippen LogP contribution in [0.4, 0.5) is 5.69 Å². The third-order valence-electron chi connectivity index (χ3n) is 3.07. The molecule has 0 saturated heterocycles. The van der Waals surface area contributed by atoms with Crippen molar-refractivity contribution in [2.45, 2.75) is 26.2 Å². The molecular weight excluding hydrogens is 268 g/mol. The van der Waals surface area contributed by atoms with Crippen LogP contribution in [0, 0.1) is 0 Å². The Morgan fingerprint density at radius 2 is 1.95 bits per heavy atom. The van der Waals surface area contributed by atoms with Crippen molar-refractivity contribution in [3.05, 3.63) is 54.0 Å². The minimum absolute atomic E-state index is 0.544. The van der Waals surface area contributed by atoms with Crippen molar-refractivity contribution >= 4 is 23.0 Å². The van der Waals surface area contributed by atoms with E-state index >= 15 is 0 Å². The molecule has 2 rings (SSSR count). The van der Waals surface area contributed by atoms with Crippen molar-refractivity contribution in [1.82, 2.24) is 5.32 Å².